The van der Waals surface area contributed by atoms with Gasteiger partial charge in [0.2, 0.25) is 0 Å². The van der Waals surface area contributed by atoms with E-state index in [1.165, 1.54) is 6.07 Å². The van der Waals surface area contributed by atoms with Gasteiger partial charge in [-0.15, -0.1) is 0 Å². The molecule has 7 heteroatoms. The third-order valence-electron chi connectivity index (χ3n) is 3.15. The second-order valence-electron chi connectivity index (χ2n) is 4.46. The number of rotatable bonds is 2. The Labute approximate surface area is 124 Å². The van der Waals surface area contributed by atoms with Crippen molar-refractivity contribution in [3.8, 4) is 0 Å². The van der Waals surface area contributed by atoms with Crippen molar-refractivity contribution >= 4 is 43.2 Å². The summed E-state index contributed by atoms with van der Waals surface area (Å²) in [6, 6.07) is 2.25. The van der Waals surface area contributed by atoms with Crippen LogP contribution in [0.1, 0.15) is 29.6 Å². The van der Waals surface area contributed by atoms with Gasteiger partial charge in [-0.1, -0.05) is 18.0 Å². The molecule has 0 aliphatic carbocycles. The molecule has 0 aromatic heterocycles. The van der Waals surface area contributed by atoms with Crippen molar-refractivity contribution in [2.24, 2.45) is 0 Å². The summed E-state index contributed by atoms with van der Waals surface area (Å²) in [4.78, 5) is 12.2. The average molecular weight is 370 g/mol. The zero-order chi connectivity index (χ0) is 14.2. The predicted molar refractivity (Wildman–Crippen MR) is 74.9 cm³/mol. The van der Waals surface area contributed by atoms with Crippen LogP contribution in [-0.4, -0.2) is 25.2 Å². The van der Waals surface area contributed by atoms with Crippen molar-refractivity contribution in [2.45, 2.75) is 24.5 Å². The lowest BCUT2D eigenvalue weighted by Crippen LogP contribution is -2.35. The van der Waals surface area contributed by atoms with Gasteiger partial charge in [-0.2, -0.15) is 0 Å². The number of hydrogen-bond donors (Lipinski definition) is 0. The summed E-state index contributed by atoms with van der Waals surface area (Å²) >= 11 is 8.87. The van der Waals surface area contributed by atoms with E-state index in [2.05, 4.69) is 15.9 Å². The third-order valence-corrected chi connectivity index (χ3v) is 6.52. The topological polar surface area (TPSA) is 51.2 Å². The first-order valence-corrected chi connectivity index (χ1v) is 8.62. The van der Waals surface area contributed by atoms with Crippen LogP contribution in [0, 0.1) is 5.82 Å². The molecule has 0 spiro atoms. The van der Waals surface area contributed by atoms with Crippen molar-refractivity contribution in [3.63, 3.8) is 0 Å². The number of carbonyl (C=O) groups excluding carboxylic acids is 1. The first kappa shape index (κ1) is 14.9. The van der Waals surface area contributed by atoms with Crippen molar-refractivity contribution in [1.82, 2.24) is 0 Å². The van der Waals surface area contributed by atoms with Gasteiger partial charge in [0.25, 0.3) is 0 Å². The van der Waals surface area contributed by atoms with E-state index in [1.54, 1.807) is 0 Å². The largest absolute Gasteiger partial charge is 0.293 e. The van der Waals surface area contributed by atoms with Crippen LogP contribution in [0.15, 0.2) is 16.6 Å². The van der Waals surface area contributed by atoms with Crippen LogP contribution >= 0.6 is 27.5 Å². The number of ketones is 1. The van der Waals surface area contributed by atoms with E-state index in [4.69, 9.17) is 11.6 Å². The minimum absolute atomic E-state index is 0.0186. The fourth-order valence-corrected chi connectivity index (χ4v) is 4.48. The minimum atomic E-state index is -3.48. The number of benzene rings is 1. The van der Waals surface area contributed by atoms with E-state index in [0.29, 0.717) is 17.3 Å². The molecule has 19 heavy (non-hydrogen) atoms. The number of carbonyl (C=O) groups is 1. The van der Waals surface area contributed by atoms with Gasteiger partial charge in [-0.05, 0) is 40.9 Å². The highest BCUT2D eigenvalue weighted by atomic mass is 79.9. The summed E-state index contributed by atoms with van der Waals surface area (Å²) in [7, 11) is -3.48. The van der Waals surface area contributed by atoms with Gasteiger partial charge in [0.05, 0.1) is 16.3 Å². The summed E-state index contributed by atoms with van der Waals surface area (Å²) in [5.41, 5.74) is -0.260. The SMILES string of the molecule is O=C(c1cc(Cl)c(Br)cc1F)C1CCCCS1(=O)=O. The molecular weight excluding hydrogens is 359 g/mol. The van der Waals surface area contributed by atoms with Gasteiger partial charge in [0, 0.05) is 4.47 Å². The standard InChI is InChI=1S/C12H11BrClFO3S/c13-8-6-10(15)7(5-9(8)14)12(16)11-3-1-2-4-19(11,17)18/h5-6,11H,1-4H2. The molecule has 1 aliphatic rings. The Morgan fingerprint density at radius 3 is 2.68 bits per heavy atom. The molecule has 2 rings (SSSR count). The van der Waals surface area contributed by atoms with Crippen LogP contribution in [0.3, 0.4) is 0 Å². The second kappa shape index (κ2) is 5.50. The summed E-state index contributed by atoms with van der Waals surface area (Å²) in [5, 5.41) is -0.967. The van der Waals surface area contributed by atoms with E-state index in [-0.39, 0.29) is 22.8 Å². The molecule has 1 unspecified atom stereocenters. The maximum Gasteiger partial charge on any atom is 0.183 e. The van der Waals surface area contributed by atoms with Crippen LogP contribution < -0.4 is 0 Å². The smallest absolute Gasteiger partial charge is 0.183 e. The normalized spacial score (nSPS) is 22.2. The van der Waals surface area contributed by atoms with Gasteiger partial charge >= 0.3 is 0 Å². The highest BCUT2D eigenvalue weighted by Gasteiger charge is 2.36. The average Bonchev–Trinajstić information content (AvgIpc) is 2.32. The Morgan fingerprint density at radius 1 is 1.37 bits per heavy atom. The maximum absolute atomic E-state index is 13.8. The molecule has 0 saturated carbocycles. The highest BCUT2D eigenvalue weighted by Crippen LogP contribution is 2.29. The lowest BCUT2D eigenvalue weighted by molar-refractivity contribution is 0.0977. The van der Waals surface area contributed by atoms with Gasteiger partial charge in [0.1, 0.15) is 11.1 Å². The quantitative estimate of drug-likeness (QED) is 0.593. The van der Waals surface area contributed by atoms with Crippen LogP contribution in [0.4, 0.5) is 4.39 Å². The molecule has 1 saturated heterocycles. The van der Waals surface area contributed by atoms with Crippen molar-refractivity contribution < 1.29 is 17.6 Å². The Balaban J connectivity index is 2.42. The van der Waals surface area contributed by atoms with Gasteiger partial charge in [-0.25, -0.2) is 12.8 Å². The molecule has 1 aliphatic heterocycles. The van der Waals surface area contributed by atoms with Crippen LogP contribution in [0.5, 0.6) is 0 Å². The lowest BCUT2D eigenvalue weighted by atomic mass is 10.0. The predicted octanol–water partition coefficient (Wildman–Crippen LogP) is 3.39. The Kier molecular flexibility index (Phi) is 4.32. The van der Waals surface area contributed by atoms with Crippen LogP contribution in [-0.2, 0) is 9.84 Å². The molecule has 0 bridgehead atoms. The van der Waals surface area contributed by atoms with Crippen LogP contribution in [0.25, 0.3) is 0 Å². The second-order valence-corrected chi connectivity index (χ2v) is 8.03. The van der Waals surface area contributed by atoms with Gasteiger partial charge in [-0.3, -0.25) is 4.79 Å². The third kappa shape index (κ3) is 3.01. The molecule has 0 radical (unpaired) electrons. The summed E-state index contributed by atoms with van der Waals surface area (Å²) in [6.45, 7) is 0. The number of Topliss-reactive ketones (excluding diaryl/α,β-unsaturated/α-hetero) is 1. The molecule has 1 aromatic carbocycles. The van der Waals surface area contributed by atoms with E-state index in [0.717, 1.165) is 6.07 Å². The first-order chi connectivity index (χ1) is 8.83. The Morgan fingerprint density at radius 2 is 2.05 bits per heavy atom. The fraction of sp³-hybridized carbons (Fsp3) is 0.417. The first-order valence-electron chi connectivity index (χ1n) is 5.73. The number of hydrogen-bond acceptors (Lipinski definition) is 3. The number of sulfone groups is 1. The summed E-state index contributed by atoms with van der Waals surface area (Å²) in [5.74, 6) is -1.48. The molecule has 3 nitrogen and oxygen atoms in total. The maximum atomic E-state index is 13.8. The molecule has 0 amide bonds. The van der Waals surface area contributed by atoms with Gasteiger partial charge in [0.15, 0.2) is 15.6 Å². The zero-order valence-electron chi connectivity index (χ0n) is 9.83. The number of halogens is 3. The fourth-order valence-electron chi connectivity index (χ4n) is 2.13. The highest BCUT2D eigenvalue weighted by molar-refractivity contribution is 9.10. The van der Waals surface area contributed by atoms with E-state index in [1.807, 2.05) is 0 Å². The molecule has 1 aromatic rings. The molecule has 104 valence electrons. The molecule has 1 fully saturated rings. The van der Waals surface area contributed by atoms with Crippen molar-refractivity contribution in [1.29, 1.82) is 0 Å². The minimum Gasteiger partial charge on any atom is -0.293 e. The molecule has 1 atom stereocenters. The summed E-state index contributed by atoms with van der Waals surface area (Å²) in [6.07, 6.45) is 1.45. The summed E-state index contributed by atoms with van der Waals surface area (Å²) < 4.78 is 37.9. The van der Waals surface area contributed by atoms with Gasteiger partial charge < -0.3 is 0 Å². The van der Waals surface area contributed by atoms with Crippen molar-refractivity contribution in [2.75, 3.05) is 5.75 Å². The van der Waals surface area contributed by atoms with E-state index < -0.39 is 26.7 Å². The zero-order valence-corrected chi connectivity index (χ0v) is 13.0. The lowest BCUT2D eigenvalue weighted by Gasteiger charge is -2.21. The van der Waals surface area contributed by atoms with Crippen molar-refractivity contribution in [3.05, 3.63) is 33.0 Å². The Bertz CT molecular complexity index is 630. The van der Waals surface area contributed by atoms with E-state index in [9.17, 15) is 17.6 Å². The molecular formula is C12H11BrClFO3S. The van der Waals surface area contributed by atoms with E-state index >= 15 is 0 Å². The molecule has 1 heterocycles. The monoisotopic (exact) mass is 368 g/mol. The molecule has 0 N–H and O–H groups in total. The van der Waals surface area contributed by atoms with Crippen LogP contribution in [0.2, 0.25) is 5.02 Å². The Hall–Kier alpha value is -0.460.